The number of fused-ring (bicyclic) bond motifs is 3. The van der Waals surface area contributed by atoms with E-state index in [-0.39, 0.29) is 5.97 Å². The van der Waals surface area contributed by atoms with Crippen molar-refractivity contribution in [2.45, 2.75) is 20.8 Å². The molecule has 3 nitrogen and oxygen atoms in total. The average molecular weight is 267 g/mol. The van der Waals surface area contributed by atoms with Gasteiger partial charge in [-0.1, -0.05) is 24.3 Å². The van der Waals surface area contributed by atoms with Crippen LogP contribution in [0.4, 0.5) is 0 Å². The third-order valence-electron chi connectivity index (χ3n) is 3.84. The SMILES string of the molecule is CCOC(=O)c1cccc2c1[nH]c1c(C)c(C)ccc12. The first kappa shape index (κ1) is 12.7. The molecule has 2 aromatic carbocycles. The fraction of sp³-hybridized carbons (Fsp3) is 0.235. The molecule has 3 aromatic rings. The van der Waals surface area contributed by atoms with Crippen LogP contribution in [-0.2, 0) is 4.74 Å². The van der Waals surface area contributed by atoms with Crippen molar-refractivity contribution in [3.63, 3.8) is 0 Å². The number of para-hydroxylation sites is 1. The van der Waals surface area contributed by atoms with E-state index in [1.54, 1.807) is 6.07 Å². The first-order valence-electron chi connectivity index (χ1n) is 6.81. The molecule has 1 heterocycles. The van der Waals surface area contributed by atoms with Crippen molar-refractivity contribution >= 4 is 27.8 Å². The highest BCUT2D eigenvalue weighted by atomic mass is 16.5. The lowest BCUT2D eigenvalue weighted by molar-refractivity contribution is 0.0528. The van der Waals surface area contributed by atoms with Gasteiger partial charge in [-0.3, -0.25) is 0 Å². The van der Waals surface area contributed by atoms with Gasteiger partial charge in [0.1, 0.15) is 0 Å². The minimum Gasteiger partial charge on any atom is -0.462 e. The maximum Gasteiger partial charge on any atom is 0.340 e. The van der Waals surface area contributed by atoms with E-state index in [1.165, 1.54) is 11.1 Å². The number of esters is 1. The number of benzene rings is 2. The molecule has 20 heavy (non-hydrogen) atoms. The Morgan fingerprint density at radius 3 is 2.60 bits per heavy atom. The highest BCUT2D eigenvalue weighted by Crippen LogP contribution is 2.31. The lowest BCUT2D eigenvalue weighted by atomic mass is 10.0. The van der Waals surface area contributed by atoms with Crippen LogP contribution in [0.1, 0.15) is 28.4 Å². The molecule has 0 aliphatic carbocycles. The van der Waals surface area contributed by atoms with Gasteiger partial charge in [-0.05, 0) is 38.0 Å². The smallest absolute Gasteiger partial charge is 0.340 e. The van der Waals surface area contributed by atoms with E-state index in [0.29, 0.717) is 12.2 Å². The predicted molar refractivity (Wildman–Crippen MR) is 81.2 cm³/mol. The van der Waals surface area contributed by atoms with E-state index >= 15 is 0 Å². The Balaban J connectivity index is 2.35. The van der Waals surface area contributed by atoms with Crippen molar-refractivity contribution in [3.05, 3.63) is 47.0 Å². The summed E-state index contributed by atoms with van der Waals surface area (Å²) < 4.78 is 5.13. The molecular weight excluding hydrogens is 250 g/mol. The molecule has 0 aliphatic heterocycles. The Labute approximate surface area is 117 Å². The summed E-state index contributed by atoms with van der Waals surface area (Å²) in [7, 11) is 0. The number of aromatic nitrogens is 1. The molecule has 0 amide bonds. The number of nitrogens with one attached hydrogen (secondary N) is 1. The van der Waals surface area contributed by atoms with E-state index in [4.69, 9.17) is 4.74 Å². The lowest BCUT2D eigenvalue weighted by Gasteiger charge is -2.02. The van der Waals surface area contributed by atoms with Crippen molar-refractivity contribution in [1.29, 1.82) is 0 Å². The van der Waals surface area contributed by atoms with E-state index < -0.39 is 0 Å². The maximum absolute atomic E-state index is 12.0. The minimum absolute atomic E-state index is 0.279. The summed E-state index contributed by atoms with van der Waals surface area (Å²) in [5, 5.41) is 2.21. The van der Waals surface area contributed by atoms with Gasteiger partial charge in [-0.25, -0.2) is 4.79 Å². The zero-order valence-electron chi connectivity index (χ0n) is 11.9. The lowest BCUT2D eigenvalue weighted by Crippen LogP contribution is -2.05. The second-order valence-corrected chi connectivity index (χ2v) is 5.00. The van der Waals surface area contributed by atoms with Crippen LogP contribution in [0.2, 0.25) is 0 Å². The Kier molecular flexibility index (Phi) is 2.97. The van der Waals surface area contributed by atoms with Crippen LogP contribution in [0.3, 0.4) is 0 Å². The number of ether oxygens (including phenoxy) is 1. The zero-order chi connectivity index (χ0) is 14.3. The Morgan fingerprint density at radius 2 is 1.85 bits per heavy atom. The third-order valence-corrected chi connectivity index (χ3v) is 3.84. The molecule has 0 aliphatic rings. The van der Waals surface area contributed by atoms with E-state index in [0.717, 1.165) is 21.8 Å². The molecule has 0 radical (unpaired) electrons. The quantitative estimate of drug-likeness (QED) is 0.710. The Bertz CT molecular complexity index is 815. The number of carbonyl (C=O) groups excluding carboxylic acids is 1. The molecule has 0 spiro atoms. The molecule has 0 saturated carbocycles. The Hall–Kier alpha value is -2.29. The summed E-state index contributed by atoms with van der Waals surface area (Å²) in [5.41, 5.74) is 5.00. The van der Waals surface area contributed by atoms with Gasteiger partial charge in [0.2, 0.25) is 0 Å². The number of carbonyl (C=O) groups is 1. The van der Waals surface area contributed by atoms with E-state index in [2.05, 4.69) is 31.0 Å². The van der Waals surface area contributed by atoms with E-state index in [9.17, 15) is 4.79 Å². The minimum atomic E-state index is -0.279. The van der Waals surface area contributed by atoms with Gasteiger partial charge in [0, 0.05) is 16.3 Å². The largest absolute Gasteiger partial charge is 0.462 e. The normalized spacial score (nSPS) is 11.2. The van der Waals surface area contributed by atoms with Crippen LogP contribution < -0.4 is 0 Å². The summed E-state index contributed by atoms with van der Waals surface area (Å²) in [4.78, 5) is 15.4. The van der Waals surface area contributed by atoms with Crippen LogP contribution in [-0.4, -0.2) is 17.6 Å². The first-order valence-corrected chi connectivity index (χ1v) is 6.81. The average Bonchev–Trinajstić information content (AvgIpc) is 2.82. The molecule has 0 fully saturated rings. The zero-order valence-corrected chi connectivity index (χ0v) is 11.9. The molecule has 3 heteroatoms. The van der Waals surface area contributed by atoms with Crippen molar-refractivity contribution in [1.82, 2.24) is 4.98 Å². The predicted octanol–water partition coefficient (Wildman–Crippen LogP) is 4.11. The highest BCUT2D eigenvalue weighted by Gasteiger charge is 2.15. The second-order valence-electron chi connectivity index (χ2n) is 5.00. The standard InChI is InChI=1S/C17H17NO2/c1-4-20-17(19)14-7-5-6-12-13-9-8-10(2)11(3)15(13)18-16(12)14/h5-9,18H,4H2,1-3H3. The van der Waals surface area contributed by atoms with Gasteiger partial charge in [0.25, 0.3) is 0 Å². The fourth-order valence-electron chi connectivity index (χ4n) is 2.62. The van der Waals surface area contributed by atoms with Gasteiger partial charge in [0.15, 0.2) is 0 Å². The van der Waals surface area contributed by atoms with Crippen molar-refractivity contribution in [2.75, 3.05) is 6.61 Å². The first-order chi connectivity index (χ1) is 9.63. The number of hydrogen-bond acceptors (Lipinski definition) is 2. The van der Waals surface area contributed by atoms with Gasteiger partial charge in [-0.2, -0.15) is 0 Å². The van der Waals surface area contributed by atoms with E-state index in [1.807, 2.05) is 19.1 Å². The maximum atomic E-state index is 12.0. The molecular formula is C17H17NO2. The van der Waals surface area contributed by atoms with Crippen molar-refractivity contribution in [2.24, 2.45) is 0 Å². The molecule has 0 bridgehead atoms. The fourth-order valence-corrected chi connectivity index (χ4v) is 2.62. The van der Waals surface area contributed by atoms with Crippen LogP contribution >= 0.6 is 0 Å². The summed E-state index contributed by atoms with van der Waals surface area (Å²) in [6, 6.07) is 9.95. The molecule has 0 unspecified atom stereocenters. The molecule has 0 atom stereocenters. The van der Waals surface area contributed by atoms with Gasteiger partial charge in [-0.15, -0.1) is 0 Å². The Morgan fingerprint density at radius 1 is 1.10 bits per heavy atom. The molecule has 0 saturated heterocycles. The number of aryl methyl sites for hydroxylation is 2. The van der Waals surface area contributed by atoms with Crippen molar-refractivity contribution < 1.29 is 9.53 Å². The summed E-state index contributed by atoms with van der Waals surface area (Å²) >= 11 is 0. The second kappa shape index (κ2) is 4.67. The molecule has 1 N–H and O–H groups in total. The number of aromatic amines is 1. The number of rotatable bonds is 2. The third kappa shape index (κ3) is 1.78. The number of H-pyrrole nitrogens is 1. The number of hydrogen-bond donors (Lipinski definition) is 1. The summed E-state index contributed by atoms with van der Waals surface area (Å²) in [5.74, 6) is -0.279. The van der Waals surface area contributed by atoms with Gasteiger partial charge < -0.3 is 9.72 Å². The highest BCUT2D eigenvalue weighted by molar-refractivity contribution is 6.14. The summed E-state index contributed by atoms with van der Waals surface area (Å²) in [6.45, 7) is 6.38. The molecule has 3 rings (SSSR count). The van der Waals surface area contributed by atoms with Crippen LogP contribution in [0.15, 0.2) is 30.3 Å². The van der Waals surface area contributed by atoms with Crippen LogP contribution in [0, 0.1) is 13.8 Å². The van der Waals surface area contributed by atoms with Crippen LogP contribution in [0.25, 0.3) is 21.8 Å². The monoisotopic (exact) mass is 267 g/mol. The van der Waals surface area contributed by atoms with Gasteiger partial charge >= 0.3 is 5.97 Å². The van der Waals surface area contributed by atoms with Gasteiger partial charge in [0.05, 0.1) is 17.7 Å². The molecule has 102 valence electrons. The van der Waals surface area contributed by atoms with Crippen LogP contribution in [0.5, 0.6) is 0 Å². The topological polar surface area (TPSA) is 42.1 Å². The summed E-state index contributed by atoms with van der Waals surface area (Å²) in [6.07, 6.45) is 0. The van der Waals surface area contributed by atoms with Crippen molar-refractivity contribution in [3.8, 4) is 0 Å². The molecule has 1 aromatic heterocycles.